The molecule has 0 aliphatic rings. The topological polar surface area (TPSA) is 107 Å². The number of methoxy groups -OCH3 is 1. The third-order valence-electron chi connectivity index (χ3n) is 3.98. The molecule has 0 saturated carbocycles. The van der Waals surface area contributed by atoms with Gasteiger partial charge in [-0.05, 0) is 36.8 Å². The summed E-state index contributed by atoms with van der Waals surface area (Å²) in [6, 6.07) is 13.1. The molecule has 0 spiro atoms. The molecule has 2 aromatic carbocycles. The average molecular weight is 367 g/mol. The van der Waals surface area contributed by atoms with E-state index < -0.39 is 10.9 Å². The minimum Gasteiger partial charge on any atom is -0.497 e. The van der Waals surface area contributed by atoms with Gasteiger partial charge in [0, 0.05) is 23.3 Å². The summed E-state index contributed by atoms with van der Waals surface area (Å²) in [5.41, 5.74) is 2.63. The van der Waals surface area contributed by atoms with Gasteiger partial charge in [0.25, 0.3) is 5.69 Å². The molecular weight excluding hydrogens is 350 g/mol. The van der Waals surface area contributed by atoms with Crippen LogP contribution in [0.25, 0.3) is 22.4 Å². The summed E-state index contributed by atoms with van der Waals surface area (Å²) in [5.74, 6) is 0.154. The molecule has 0 saturated heterocycles. The smallest absolute Gasteiger partial charge is 0.357 e. The molecular formula is C19H17N3O5. The molecule has 0 radical (unpaired) electrons. The van der Waals surface area contributed by atoms with Crippen LogP contribution in [0.15, 0.2) is 48.5 Å². The fraction of sp³-hybridized carbons (Fsp3) is 0.158. The normalized spacial score (nSPS) is 10.4. The quantitative estimate of drug-likeness (QED) is 0.403. The molecule has 0 aliphatic carbocycles. The van der Waals surface area contributed by atoms with Crippen molar-refractivity contribution >= 4 is 11.7 Å². The van der Waals surface area contributed by atoms with E-state index in [0.29, 0.717) is 22.6 Å². The van der Waals surface area contributed by atoms with Crippen molar-refractivity contribution in [1.29, 1.82) is 0 Å². The third-order valence-corrected chi connectivity index (χ3v) is 3.98. The van der Waals surface area contributed by atoms with Crippen molar-refractivity contribution in [2.24, 2.45) is 0 Å². The molecule has 1 heterocycles. The van der Waals surface area contributed by atoms with Gasteiger partial charge in [-0.2, -0.15) is 5.10 Å². The second-order valence-electron chi connectivity index (χ2n) is 5.58. The number of carbonyl (C=O) groups excluding carboxylic acids is 1. The Kier molecular flexibility index (Phi) is 5.16. The molecule has 0 atom stereocenters. The first-order chi connectivity index (χ1) is 13.0. The number of non-ortho nitro benzene ring substituents is 1. The number of carbonyl (C=O) groups is 1. The summed E-state index contributed by atoms with van der Waals surface area (Å²) < 4.78 is 10.3. The van der Waals surface area contributed by atoms with E-state index in [1.165, 1.54) is 12.1 Å². The van der Waals surface area contributed by atoms with Gasteiger partial charge in [-0.15, -0.1) is 0 Å². The van der Waals surface area contributed by atoms with Crippen molar-refractivity contribution in [3.63, 3.8) is 0 Å². The minimum atomic E-state index is -0.524. The number of aromatic nitrogens is 2. The lowest BCUT2D eigenvalue weighted by atomic mass is 9.98. The van der Waals surface area contributed by atoms with Crippen molar-refractivity contribution in [3.8, 4) is 28.1 Å². The minimum absolute atomic E-state index is 0.0223. The Hall–Kier alpha value is -3.68. The summed E-state index contributed by atoms with van der Waals surface area (Å²) in [5, 5.41) is 17.9. The maximum absolute atomic E-state index is 12.3. The first-order valence-electron chi connectivity index (χ1n) is 8.20. The van der Waals surface area contributed by atoms with Crippen molar-refractivity contribution in [2.45, 2.75) is 6.92 Å². The Labute approximate surface area is 154 Å². The molecule has 0 amide bonds. The number of benzene rings is 2. The Morgan fingerprint density at radius 1 is 1.11 bits per heavy atom. The molecule has 1 aromatic heterocycles. The van der Waals surface area contributed by atoms with Crippen LogP contribution in [0.3, 0.4) is 0 Å². The number of aromatic amines is 1. The lowest BCUT2D eigenvalue weighted by molar-refractivity contribution is -0.384. The highest BCUT2D eigenvalue weighted by molar-refractivity contribution is 5.99. The number of nitrogens with zero attached hydrogens (tertiary/aromatic N) is 2. The van der Waals surface area contributed by atoms with Gasteiger partial charge in [-0.25, -0.2) is 4.79 Å². The number of rotatable bonds is 6. The number of ether oxygens (including phenoxy) is 2. The van der Waals surface area contributed by atoms with Crippen LogP contribution in [0.1, 0.15) is 17.4 Å². The van der Waals surface area contributed by atoms with Gasteiger partial charge in [0.15, 0.2) is 5.69 Å². The van der Waals surface area contributed by atoms with Crippen LogP contribution in [-0.2, 0) is 4.74 Å². The number of hydrogen-bond acceptors (Lipinski definition) is 6. The number of hydrogen-bond donors (Lipinski definition) is 1. The molecule has 8 heteroatoms. The standard InChI is InChI=1S/C19H17N3O5/c1-3-27-19(23)18-16(12-6-10-15(26-2)11-7-12)17(20-21-18)13-4-8-14(9-5-13)22(24)25/h4-11H,3H2,1-2H3,(H,20,21). The molecule has 3 aromatic rings. The van der Waals surface area contributed by atoms with Crippen LogP contribution in [0.2, 0.25) is 0 Å². The van der Waals surface area contributed by atoms with Crippen molar-refractivity contribution < 1.29 is 19.2 Å². The van der Waals surface area contributed by atoms with E-state index in [1.54, 1.807) is 50.4 Å². The van der Waals surface area contributed by atoms with E-state index in [2.05, 4.69) is 10.2 Å². The first-order valence-corrected chi connectivity index (χ1v) is 8.20. The van der Waals surface area contributed by atoms with E-state index in [-0.39, 0.29) is 18.0 Å². The zero-order valence-electron chi connectivity index (χ0n) is 14.8. The molecule has 1 N–H and O–H groups in total. The number of nitro groups is 1. The zero-order chi connectivity index (χ0) is 19.4. The van der Waals surface area contributed by atoms with E-state index in [1.807, 2.05) is 0 Å². The molecule has 138 valence electrons. The largest absolute Gasteiger partial charge is 0.497 e. The maximum Gasteiger partial charge on any atom is 0.357 e. The number of nitrogens with one attached hydrogen (secondary N) is 1. The summed E-state index contributed by atoms with van der Waals surface area (Å²) in [7, 11) is 1.57. The molecule has 3 rings (SSSR count). The van der Waals surface area contributed by atoms with Crippen molar-refractivity contribution in [3.05, 3.63) is 64.3 Å². The average Bonchev–Trinajstić information content (AvgIpc) is 3.13. The van der Waals surface area contributed by atoms with Gasteiger partial charge in [-0.3, -0.25) is 15.2 Å². The lowest BCUT2D eigenvalue weighted by Crippen LogP contribution is -2.06. The van der Waals surface area contributed by atoms with E-state index >= 15 is 0 Å². The summed E-state index contributed by atoms with van der Waals surface area (Å²) in [4.78, 5) is 22.7. The Morgan fingerprint density at radius 2 is 1.74 bits per heavy atom. The molecule has 27 heavy (non-hydrogen) atoms. The number of H-pyrrole nitrogens is 1. The van der Waals surface area contributed by atoms with Crippen LogP contribution in [0.4, 0.5) is 5.69 Å². The van der Waals surface area contributed by atoms with Gasteiger partial charge in [0.1, 0.15) is 11.4 Å². The molecule has 0 aliphatic heterocycles. The molecule has 0 unspecified atom stereocenters. The van der Waals surface area contributed by atoms with Crippen molar-refractivity contribution in [2.75, 3.05) is 13.7 Å². The fourth-order valence-electron chi connectivity index (χ4n) is 2.68. The summed E-state index contributed by atoms with van der Waals surface area (Å²) in [6.45, 7) is 1.95. The van der Waals surface area contributed by atoms with Crippen LogP contribution in [0, 0.1) is 10.1 Å². The fourth-order valence-corrected chi connectivity index (χ4v) is 2.68. The monoisotopic (exact) mass is 367 g/mol. The van der Waals surface area contributed by atoms with Gasteiger partial charge in [-0.1, -0.05) is 12.1 Å². The Bertz CT molecular complexity index is 962. The van der Waals surface area contributed by atoms with E-state index in [9.17, 15) is 14.9 Å². The van der Waals surface area contributed by atoms with Gasteiger partial charge < -0.3 is 9.47 Å². The predicted molar refractivity (Wildman–Crippen MR) is 98.6 cm³/mol. The van der Waals surface area contributed by atoms with Crippen LogP contribution >= 0.6 is 0 Å². The van der Waals surface area contributed by atoms with Gasteiger partial charge in [0.2, 0.25) is 0 Å². The molecule has 0 bridgehead atoms. The highest BCUT2D eigenvalue weighted by atomic mass is 16.6. The second-order valence-corrected chi connectivity index (χ2v) is 5.58. The predicted octanol–water partition coefficient (Wildman–Crippen LogP) is 3.84. The van der Waals surface area contributed by atoms with E-state index in [0.717, 1.165) is 5.56 Å². The number of esters is 1. The van der Waals surface area contributed by atoms with Gasteiger partial charge >= 0.3 is 5.97 Å². The van der Waals surface area contributed by atoms with Gasteiger partial charge in [0.05, 0.1) is 18.6 Å². The van der Waals surface area contributed by atoms with E-state index in [4.69, 9.17) is 9.47 Å². The first kappa shape index (κ1) is 18.1. The van der Waals surface area contributed by atoms with Crippen LogP contribution < -0.4 is 4.74 Å². The highest BCUT2D eigenvalue weighted by Crippen LogP contribution is 2.35. The molecule has 0 fully saturated rings. The number of nitro benzene ring substituents is 1. The van der Waals surface area contributed by atoms with Crippen molar-refractivity contribution in [1.82, 2.24) is 10.2 Å². The third kappa shape index (κ3) is 3.64. The zero-order valence-corrected chi connectivity index (χ0v) is 14.8. The summed E-state index contributed by atoms with van der Waals surface area (Å²) >= 11 is 0. The lowest BCUT2D eigenvalue weighted by Gasteiger charge is -2.07. The van der Waals surface area contributed by atoms with Crippen LogP contribution in [0.5, 0.6) is 5.75 Å². The second kappa shape index (κ2) is 7.69. The maximum atomic E-state index is 12.3. The molecule has 8 nitrogen and oxygen atoms in total. The summed E-state index contributed by atoms with van der Waals surface area (Å²) in [6.07, 6.45) is 0. The highest BCUT2D eigenvalue weighted by Gasteiger charge is 2.23. The van der Waals surface area contributed by atoms with Crippen LogP contribution in [-0.4, -0.2) is 34.8 Å². The SMILES string of the molecule is CCOC(=O)c1[nH]nc(-c2ccc([N+](=O)[O-])cc2)c1-c1ccc(OC)cc1. The Balaban J connectivity index is 2.13. The Morgan fingerprint density at radius 3 is 2.30 bits per heavy atom.